The molecule has 0 aliphatic carbocycles. The fourth-order valence-corrected chi connectivity index (χ4v) is 4.25. The largest absolute Gasteiger partial charge is 0.309 e. The zero-order chi connectivity index (χ0) is 22.5. The number of fused-ring (bicyclic) bond motifs is 3. The maximum atomic E-state index is 4.27. The highest BCUT2D eigenvalue weighted by atomic mass is 15.0. The number of hydrogen-bond donors (Lipinski definition) is 0. The fourth-order valence-electron chi connectivity index (χ4n) is 4.25. The lowest BCUT2D eigenvalue weighted by Crippen LogP contribution is -1.92. The molecule has 2 aromatic heterocycles. The second-order valence-electron chi connectivity index (χ2n) is 8.19. The Morgan fingerprint density at radius 3 is 2.00 bits per heavy atom. The van der Waals surface area contributed by atoms with Crippen molar-refractivity contribution < 1.29 is 0 Å². The van der Waals surface area contributed by atoms with Gasteiger partial charge < -0.3 is 4.57 Å². The highest BCUT2D eigenvalue weighted by Crippen LogP contribution is 2.32. The van der Waals surface area contributed by atoms with E-state index < -0.39 is 0 Å². The van der Waals surface area contributed by atoms with Gasteiger partial charge in [-0.3, -0.25) is 4.98 Å². The Hall–Kier alpha value is -4.11. The molecule has 0 amide bonds. The summed E-state index contributed by atoms with van der Waals surface area (Å²) in [5.74, 6) is 0. The van der Waals surface area contributed by atoms with E-state index in [1.54, 1.807) is 0 Å². The summed E-state index contributed by atoms with van der Waals surface area (Å²) in [4.78, 5) is 4.27. The highest BCUT2D eigenvalue weighted by Gasteiger charge is 2.11. The van der Waals surface area contributed by atoms with Crippen molar-refractivity contribution in [2.45, 2.75) is 13.3 Å². The van der Waals surface area contributed by atoms with Crippen molar-refractivity contribution in [1.29, 1.82) is 0 Å². The third-order valence-corrected chi connectivity index (χ3v) is 5.80. The first-order valence-electron chi connectivity index (χ1n) is 11.3. The van der Waals surface area contributed by atoms with Crippen molar-refractivity contribution in [3.05, 3.63) is 144 Å². The molecule has 0 unspecified atom stereocenters. The molecule has 163 valence electrons. The molecule has 0 aliphatic heterocycles. The topological polar surface area (TPSA) is 17.8 Å². The van der Waals surface area contributed by atoms with Crippen molar-refractivity contribution in [2.75, 3.05) is 0 Å². The van der Waals surface area contributed by atoms with Crippen molar-refractivity contribution in [2.24, 2.45) is 0 Å². The molecular weight excluding hydrogens is 411 g/mol. The summed E-state index contributed by atoms with van der Waals surface area (Å²) in [6.45, 7) is 2.15. The normalized spacial score (nSPS) is 10.4. The summed E-state index contributed by atoms with van der Waals surface area (Å²) < 4.78 is 2.34. The van der Waals surface area contributed by atoms with Gasteiger partial charge in [0.1, 0.15) is 0 Å². The van der Waals surface area contributed by atoms with E-state index in [0.29, 0.717) is 0 Å². The number of hydrogen-bond acceptors (Lipinski definition) is 1. The van der Waals surface area contributed by atoms with Gasteiger partial charge in [-0.15, -0.1) is 0 Å². The predicted molar refractivity (Wildman–Crippen MR) is 145 cm³/mol. The summed E-state index contributed by atoms with van der Waals surface area (Å²) in [5.41, 5.74) is 7.47. The van der Waals surface area contributed by atoms with E-state index in [2.05, 4.69) is 114 Å². The third kappa shape index (κ3) is 4.94. The summed E-state index contributed by atoms with van der Waals surface area (Å²) in [6.07, 6.45) is 2.75. The van der Waals surface area contributed by atoms with E-state index in [-0.39, 0.29) is 8.41 Å². The highest BCUT2D eigenvalue weighted by molar-refractivity contribution is 6.09. The van der Waals surface area contributed by atoms with Crippen LogP contribution in [-0.4, -0.2) is 18.0 Å². The van der Waals surface area contributed by atoms with E-state index in [1.807, 2.05) is 30.5 Å². The molecule has 3 radical (unpaired) electrons. The maximum absolute atomic E-state index is 4.27. The molecule has 0 aliphatic rings. The number of aryl methyl sites for hydroxylation is 1. The fraction of sp³-hybridized carbons (Fsp3) is 0.0645. The van der Waals surface area contributed by atoms with Gasteiger partial charge in [0, 0.05) is 43.2 Å². The molecule has 6 rings (SSSR count). The van der Waals surface area contributed by atoms with Crippen molar-refractivity contribution in [1.82, 2.24) is 9.55 Å². The molecule has 0 bridgehead atoms. The molecule has 0 atom stereocenters. The van der Waals surface area contributed by atoms with Gasteiger partial charge in [-0.1, -0.05) is 84.4 Å². The number of para-hydroxylation sites is 2. The van der Waals surface area contributed by atoms with Crippen LogP contribution in [0.3, 0.4) is 0 Å². The molecule has 34 heavy (non-hydrogen) atoms. The van der Waals surface area contributed by atoms with Crippen LogP contribution in [0.1, 0.15) is 16.8 Å². The standard InChI is InChI=1S/C19H15N.C12H11N.B/c1-14-11-12-19-17(13-14)16-9-5-6-10-18(16)20(19)15-7-3-2-4-8-15;1-2-6-11(7-3-1)10-12-8-4-5-9-13-12;/h2-13H,1H3;1-9H,10H2;. The minimum absolute atomic E-state index is 0. The van der Waals surface area contributed by atoms with E-state index in [1.165, 1.54) is 38.6 Å². The molecule has 6 aromatic rings. The molecule has 0 N–H and O–H groups in total. The van der Waals surface area contributed by atoms with Crippen molar-refractivity contribution in [3.63, 3.8) is 0 Å². The monoisotopic (exact) mass is 437 g/mol. The maximum Gasteiger partial charge on any atom is 0.0541 e. The Morgan fingerprint density at radius 2 is 1.26 bits per heavy atom. The van der Waals surface area contributed by atoms with Crippen LogP contribution in [0.15, 0.2) is 128 Å². The molecule has 4 aromatic carbocycles. The first-order valence-corrected chi connectivity index (χ1v) is 11.3. The molecule has 2 nitrogen and oxygen atoms in total. The zero-order valence-corrected chi connectivity index (χ0v) is 19.3. The Balaban J connectivity index is 0.000000171. The molecule has 3 heteroatoms. The van der Waals surface area contributed by atoms with Crippen LogP contribution in [0.25, 0.3) is 27.5 Å². The molecule has 2 heterocycles. The van der Waals surface area contributed by atoms with Crippen LogP contribution < -0.4 is 0 Å². The minimum atomic E-state index is 0. The number of benzene rings is 4. The van der Waals surface area contributed by atoms with Gasteiger partial charge >= 0.3 is 0 Å². The molecule has 0 fully saturated rings. The van der Waals surface area contributed by atoms with Crippen molar-refractivity contribution in [3.8, 4) is 5.69 Å². The second-order valence-corrected chi connectivity index (χ2v) is 8.19. The second kappa shape index (κ2) is 10.7. The van der Waals surface area contributed by atoms with E-state index in [9.17, 15) is 0 Å². The number of aromatic nitrogens is 2. The third-order valence-electron chi connectivity index (χ3n) is 5.80. The minimum Gasteiger partial charge on any atom is -0.309 e. The van der Waals surface area contributed by atoms with Crippen LogP contribution in [0, 0.1) is 6.92 Å². The van der Waals surface area contributed by atoms with Crippen LogP contribution in [0.4, 0.5) is 0 Å². The van der Waals surface area contributed by atoms with Gasteiger partial charge in [0.2, 0.25) is 0 Å². The SMILES string of the molecule is Cc1ccc2c(c1)c1ccccc1n2-c1ccccc1.[B].c1ccc(Cc2ccccn2)cc1. The van der Waals surface area contributed by atoms with Crippen LogP contribution in [0.2, 0.25) is 0 Å². The zero-order valence-electron chi connectivity index (χ0n) is 19.3. The Labute approximate surface area is 203 Å². The van der Waals surface area contributed by atoms with Gasteiger partial charge in [-0.25, -0.2) is 0 Å². The molecular formula is C31H26BN2. The number of pyridine rings is 1. The van der Waals surface area contributed by atoms with Crippen LogP contribution in [0.5, 0.6) is 0 Å². The van der Waals surface area contributed by atoms with E-state index in [4.69, 9.17) is 0 Å². The number of nitrogens with zero attached hydrogens (tertiary/aromatic N) is 2. The summed E-state index contributed by atoms with van der Waals surface area (Å²) >= 11 is 0. The van der Waals surface area contributed by atoms with Gasteiger partial charge in [0.15, 0.2) is 0 Å². The average molecular weight is 437 g/mol. The van der Waals surface area contributed by atoms with Gasteiger partial charge in [0.05, 0.1) is 11.0 Å². The van der Waals surface area contributed by atoms with Crippen molar-refractivity contribution >= 4 is 30.2 Å². The predicted octanol–water partition coefficient (Wildman–Crippen LogP) is 7.38. The molecule has 0 saturated carbocycles. The van der Waals surface area contributed by atoms with Gasteiger partial charge in [0.25, 0.3) is 0 Å². The van der Waals surface area contributed by atoms with E-state index >= 15 is 0 Å². The van der Waals surface area contributed by atoms with Gasteiger partial charge in [-0.2, -0.15) is 0 Å². The lowest BCUT2D eigenvalue weighted by atomic mass is 10.1. The smallest absolute Gasteiger partial charge is 0.0541 e. The van der Waals surface area contributed by atoms with Crippen LogP contribution in [-0.2, 0) is 6.42 Å². The molecule has 0 saturated heterocycles. The number of rotatable bonds is 3. The Kier molecular flexibility index (Phi) is 7.24. The average Bonchev–Trinajstić information content (AvgIpc) is 3.20. The lowest BCUT2D eigenvalue weighted by molar-refractivity contribution is 1.07. The van der Waals surface area contributed by atoms with Gasteiger partial charge in [-0.05, 0) is 55.0 Å². The summed E-state index contributed by atoms with van der Waals surface area (Å²) in [7, 11) is 0. The Morgan fingerprint density at radius 1 is 0.618 bits per heavy atom. The Bertz CT molecular complexity index is 1440. The quantitative estimate of drug-likeness (QED) is 0.264. The lowest BCUT2D eigenvalue weighted by Gasteiger charge is -2.07. The molecule has 0 spiro atoms. The van der Waals surface area contributed by atoms with Crippen LogP contribution >= 0.6 is 0 Å². The van der Waals surface area contributed by atoms with E-state index in [0.717, 1.165) is 12.1 Å². The summed E-state index contributed by atoms with van der Waals surface area (Å²) in [5, 5.41) is 2.64. The summed E-state index contributed by atoms with van der Waals surface area (Å²) in [6, 6.07) is 42.2. The first-order chi connectivity index (χ1) is 16.3. The first kappa shape index (κ1) is 23.1.